The number of nitrogens with zero attached hydrogens (tertiary/aromatic N) is 2. The summed E-state index contributed by atoms with van der Waals surface area (Å²) in [6, 6.07) is 0.596. The quantitative estimate of drug-likeness (QED) is 0.684. The SMILES string of the molecule is COc1cnc(NC2CC2N)nc1. The van der Waals surface area contributed by atoms with Crippen molar-refractivity contribution in [1.82, 2.24) is 9.97 Å². The molecule has 0 aliphatic heterocycles. The molecule has 1 aromatic rings. The molecule has 3 N–H and O–H groups in total. The summed E-state index contributed by atoms with van der Waals surface area (Å²) in [6.07, 6.45) is 4.25. The Morgan fingerprint density at radius 3 is 2.62 bits per heavy atom. The Morgan fingerprint density at radius 1 is 1.54 bits per heavy atom. The van der Waals surface area contributed by atoms with E-state index in [1.807, 2.05) is 0 Å². The molecule has 1 saturated carbocycles. The standard InChI is InChI=1S/C8H12N4O/c1-13-5-3-10-8(11-4-5)12-7-2-6(7)9/h3-4,6-7H,2,9H2,1H3,(H,10,11,12). The number of hydrogen-bond donors (Lipinski definition) is 2. The number of aromatic nitrogens is 2. The summed E-state index contributed by atoms with van der Waals surface area (Å²) < 4.78 is 4.93. The summed E-state index contributed by atoms with van der Waals surface area (Å²) in [6.45, 7) is 0. The molecule has 1 fully saturated rings. The lowest BCUT2D eigenvalue weighted by Gasteiger charge is -2.02. The van der Waals surface area contributed by atoms with E-state index in [0.717, 1.165) is 6.42 Å². The molecule has 2 rings (SSSR count). The molecule has 0 spiro atoms. The minimum atomic E-state index is 0.255. The molecule has 0 radical (unpaired) electrons. The van der Waals surface area contributed by atoms with Crippen LogP contribution in [0, 0.1) is 0 Å². The fourth-order valence-corrected chi connectivity index (χ4v) is 1.04. The van der Waals surface area contributed by atoms with Gasteiger partial charge in [0.05, 0.1) is 19.5 Å². The van der Waals surface area contributed by atoms with Gasteiger partial charge in [-0.2, -0.15) is 0 Å². The third-order valence-corrected chi connectivity index (χ3v) is 2.02. The van der Waals surface area contributed by atoms with Crippen molar-refractivity contribution < 1.29 is 4.74 Å². The van der Waals surface area contributed by atoms with Crippen molar-refractivity contribution in [3.05, 3.63) is 12.4 Å². The predicted molar refractivity (Wildman–Crippen MR) is 48.6 cm³/mol. The first-order valence-electron chi connectivity index (χ1n) is 4.18. The molecule has 1 aromatic heterocycles. The van der Waals surface area contributed by atoms with Crippen LogP contribution in [-0.2, 0) is 0 Å². The average molecular weight is 180 g/mol. The number of ether oxygens (including phenoxy) is 1. The molecule has 1 aliphatic rings. The van der Waals surface area contributed by atoms with Crippen LogP contribution in [-0.4, -0.2) is 29.2 Å². The Labute approximate surface area is 76.3 Å². The highest BCUT2D eigenvalue weighted by atomic mass is 16.5. The summed E-state index contributed by atoms with van der Waals surface area (Å²) in [5.41, 5.74) is 5.63. The molecule has 1 heterocycles. The third kappa shape index (κ3) is 1.86. The number of hydrogen-bond acceptors (Lipinski definition) is 5. The van der Waals surface area contributed by atoms with E-state index in [1.54, 1.807) is 19.5 Å². The molecule has 2 atom stereocenters. The van der Waals surface area contributed by atoms with Gasteiger partial charge >= 0.3 is 0 Å². The summed E-state index contributed by atoms with van der Waals surface area (Å²) in [7, 11) is 1.59. The monoisotopic (exact) mass is 180 g/mol. The van der Waals surface area contributed by atoms with E-state index in [9.17, 15) is 0 Å². The van der Waals surface area contributed by atoms with Crippen molar-refractivity contribution in [1.29, 1.82) is 0 Å². The zero-order valence-corrected chi connectivity index (χ0v) is 7.40. The van der Waals surface area contributed by atoms with Gasteiger partial charge in [0.25, 0.3) is 0 Å². The highest BCUT2D eigenvalue weighted by Gasteiger charge is 2.33. The Hall–Kier alpha value is -1.36. The Bertz CT molecular complexity index is 287. The molecule has 1 aliphatic carbocycles. The van der Waals surface area contributed by atoms with Crippen molar-refractivity contribution in [3.63, 3.8) is 0 Å². The largest absolute Gasteiger partial charge is 0.494 e. The second-order valence-electron chi connectivity index (χ2n) is 3.10. The lowest BCUT2D eigenvalue weighted by atomic mass is 10.6. The van der Waals surface area contributed by atoms with Gasteiger partial charge in [-0.3, -0.25) is 0 Å². The third-order valence-electron chi connectivity index (χ3n) is 2.02. The first-order chi connectivity index (χ1) is 6.29. The minimum Gasteiger partial charge on any atom is -0.494 e. The highest BCUT2D eigenvalue weighted by Crippen LogP contribution is 2.21. The molecular weight excluding hydrogens is 168 g/mol. The Morgan fingerprint density at radius 2 is 2.15 bits per heavy atom. The lowest BCUT2D eigenvalue weighted by Crippen LogP contribution is -2.14. The van der Waals surface area contributed by atoms with Crippen LogP contribution in [0.15, 0.2) is 12.4 Å². The van der Waals surface area contributed by atoms with E-state index in [4.69, 9.17) is 10.5 Å². The van der Waals surface area contributed by atoms with E-state index >= 15 is 0 Å². The summed E-state index contributed by atoms with van der Waals surface area (Å²) in [4.78, 5) is 8.12. The Balaban J connectivity index is 1.97. The maximum Gasteiger partial charge on any atom is 0.223 e. The minimum absolute atomic E-state index is 0.255. The van der Waals surface area contributed by atoms with Crippen molar-refractivity contribution in [2.45, 2.75) is 18.5 Å². The Kier molecular flexibility index (Phi) is 2.02. The maximum absolute atomic E-state index is 5.63. The van der Waals surface area contributed by atoms with Gasteiger partial charge in [0.2, 0.25) is 5.95 Å². The van der Waals surface area contributed by atoms with Crippen LogP contribution in [0.5, 0.6) is 5.75 Å². The molecule has 5 nitrogen and oxygen atoms in total. The van der Waals surface area contributed by atoms with Gasteiger partial charge < -0.3 is 15.8 Å². The van der Waals surface area contributed by atoms with Crippen LogP contribution in [0.4, 0.5) is 5.95 Å². The molecule has 0 saturated heterocycles. The van der Waals surface area contributed by atoms with Crippen molar-refractivity contribution >= 4 is 5.95 Å². The van der Waals surface area contributed by atoms with E-state index in [-0.39, 0.29) is 6.04 Å². The first-order valence-corrected chi connectivity index (χ1v) is 4.18. The first kappa shape index (κ1) is 8.25. The number of rotatable bonds is 3. The molecule has 13 heavy (non-hydrogen) atoms. The second kappa shape index (κ2) is 3.18. The van der Waals surface area contributed by atoms with Crippen LogP contribution in [0.25, 0.3) is 0 Å². The fourth-order valence-electron chi connectivity index (χ4n) is 1.04. The van der Waals surface area contributed by atoms with Gasteiger partial charge in [0, 0.05) is 12.1 Å². The van der Waals surface area contributed by atoms with Crippen molar-refractivity contribution in [2.24, 2.45) is 5.73 Å². The number of anilines is 1. The molecule has 70 valence electrons. The van der Waals surface area contributed by atoms with E-state index in [0.29, 0.717) is 17.7 Å². The van der Waals surface area contributed by atoms with Gasteiger partial charge in [-0.15, -0.1) is 0 Å². The van der Waals surface area contributed by atoms with Gasteiger partial charge in [-0.1, -0.05) is 0 Å². The van der Waals surface area contributed by atoms with Crippen LogP contribution < -0.4 is 15.8 Å². The van der Waals surface area contributed by atoms with E-state index in [1.165, 1.54) is 0 Å². The molecule has 2 unspecified atom stereocenters. The van der Waals surface area contributed by atoms with Gasteiger partial charge in [0.15, 0.2) is 5.75 Å². The lowest BCUT2D eigenvalue weighted by molar-refractivity contribution is 0.411. The van der Waals surface area contributed by atoms with Crippen LogP contribution in [0.3, 0.4) is 0 Å². The average Bonchev–Trinajstić information content (AvgIpc) is 2.83. The van der Waals surface area contributed by atoms with E-state index < -0.39 is 0 Å². The highest BCUT2D eigenvalue weighted by molar-refractivity contribution is 5.31. The number of methoxy groups -OCH3 is 1. The van der Waals surface area contributed by atoms with Gasteiger partial charge in [-0.05, 0) is 6.42 Å². The molecule has 0 aromatic carbocycles. The molecular formula is C8H12N4O. The molecule has 5 heteroatoms. The van der Waals surface area contributed by atoms with Gasteiger partial charge in [-0.25, -0.2) is 9.97 Å². The predicted octanol–water partition coefficient (Wildman–Crippen LogP) is -0.00330. The van der Waals surface area contributed by atoms with Crippen LogP contribution >= 0.6 is 0 Å². The summed E-state index contributed by atoms with van der Waals surface area (Å²) >= 11 is 0. The van der Waals surface area contributed by atoms with E-state index in [2.05, 4.69) is 15.3 Å². The van der Waals surface area contributed by atoms with Crippen molar-refractivity contribution in [3.8, 4) is 5.75 Å². The molecule has 0 bridgehead atoms. The number of nitrogens with one attached hydrogen (secondary N) is 1. The summed E-state index contributed by atoms with van der Waals surface area (Å²) in [5, 5.41) is 3.11. The number of nitrogens with two attached hydrogens (primary N) is 1. The zero-order valence-electron chi connectivity index (χ0n) is 7.40. The van der Waals surface area contributed by atoms with Crippen LogP contribution in [0.2, 0.25) is 0 Å². The fraction of sp³-hybridized carbons (Fsp3) is 0.500. The zero-order chi connectivity index (χ0) is 9.26. The smallest absolute Gasteiger partial charge is 0.223 e. The second-order valence-corrected chi connectivity index (χ2v) is 3.10. The van der Waals surface area contributed by atoms with Gasteiger partial charge in [0.1, 0.15) is 0 Å². The topological polar surface area (TPSA) is 73.1 Å². The van der Waals surface area contributed by atoms with Crippen molar-refractivity contribution in [2.75, 3.05) is 12.4 Å². The normalized spacial score (nSPS) is 25.4. The maximum atomic E-state index is 5.63. The van der Waals surface area contributed by atoms with Crippen LogP contribution in [0.1, 0.15) is 6.42 Å². The molecule has 0 amide bonds. The summed E-state index contributed by atoms with van der Waals surface area (Å²) in [5.74, 6) is 1.27.